The average Bonchev–Trinajstić information content (AvgIpc) is 2.82. The molecule has 0 saturated heterocycles. The van der Waals surface area contributed by atoms with Gasteiger partial charge in [-0.15, -0.1) is 0 Å². The quantitative estimate of drug-likeness (QED) is 0.346. The van der Waals surface area contributed by atoms with Gasteiger partial charge in [-0.2, -0.15) is 4.72 Å². The number of rotatable bonds is 10. The maximum atomic E-state index is 12.7. The van der Waals surface area contributed by atoms with Gasteiger partial charge in [0.05, 0.1) is 10.5 Å². The van der Waals surface area contributed by atoms with Crippen molar-refractivity contribution in [3.63, 3.8) is 0 Å². The number of hydrogen-bond donors (Lipinski definition) is 4. The summed E-state index contributed by atoms with van der Waals surface area (Å²) < 4.78 is 27.5. The molecule has 0 fully saturated rings. The predicted octanol–water partition coefficient (Wildman–Crippen LogP) is 3.20. The van der Waals surface area contributed by atoms with E-state index in [2.05, 4.69) is 10.0 Å². The second-order valence-electron chi connectivity index (χ2n) is 7.37. The summed E-state index contributed by atoms with van der Waals surface area (Å²) in [6.45, 7) is 0. The summed E-state index contributed by atoms with van der Waals surface area (Å²) in [6.07, 6.45) is -0.553. The largest absolute Gasteiger partial charge is 0.480 e. The van der Waals surface area contributed by atoms with Crippen LogP contribution >= 0.6 is 0 Å². The Hall–Kier alpha value is -4.02. The van der Waals surface area contributed by atoms with Crippen LogP contribution in [0.3, 0.4) is 0 Å². The first-order valence-corrected chi connectivity index (χ1v) is 11.7. The third kappa shape index (κ3) is 6.50. The molecule has 0 aliphatic carbocycles. The van der Waals surface area contributed by atoms with E-state index in [1.807, 2.05) is 30.3 Å². The molecule has 0 aliphatic heterocycles. The lowest BCUT2D eigenvalue weighted by Crippen LogP contribution is -2.41. The van der Waals surface area contributed by atoms with Gasteiger partial charge in [0.25, 0.3) is 0 Å². The molecule has 0 bridgehead atoms. The zero-order valence-corrected chi connectivity index (χ0v) is 18.7. The third-order valence-corrected chi connectivity index (χ3v) is 6.43. The molecule has 0 heterocycles. The lowest BCUT2D eigenvalue weighted by Gasteiger charge is -2.15. The van der Waals surface area contributed by atoms with Crippen molar-refractivity contribution >= 4 is 33.6 Å². The van der Waals surface area contributed by atoms with Crippen molar-refractivity contribution in [1.29, 1.82) is 0 Å². The standard InChI is InChI=1S/C24H22N2O7S/c27-22(25-19-10-6-18(7-11-19)23(28)29)15-14-21(24(30)31)26-34(32,33)20-12-8-17(9-13-20)16-4-2-1-3-5-16/h1-13,21,26H,14-15H2,(H,25,27)(H,28,29)(H,30,31)/t21-/m0/s1. The highest BCUT2D eigenvalue weighted by molar-refractivity contribution is 7.89. The zero-order valence-electron chi connectivity index (χ0n) is 17.8. The molecule has 9 nitrogen and oxygen atoms in total. The first-order chi connectivity index (χ1) is 16.2. The van der Waals surface area contributed by atoms with E-state index < -0.39 is 33.9 Å². The molecular formula is C24H22N2O7S. The van der Waals surface area contributed by atoms with Gasteiger partial charge in [0.15, 0.2) is 0 Å². The van der Waals surface area contributed by atoms with E-state index >= 15 is 0 Å². The second-order valence-corrected chi connectivity index (χ2v) is 9.09. The van der Waals surface area contributed by atoms with Gasteiger partial charge in [-0.05, 0) is 53.9 Å². The number of hydrogen-bond acceptors (Lipinski definition) is 5. The maximum Gasteiger partial charge on any atom is 0.335 e. The summed E-state index contributed by atoms with van der Waals surface area (Å²) in [5.74, 6) is -3.06. The lowest BCUT2D eigenvalue weighted by molar-refractivity contribution is -0.139. The van der Waals surface area contributed by atoms with E-state index in [4.69, 9.17) is 5.11 Å². The highest BCUT2D eigenvalue weighted by Gasteiger charge is 2.26. The summed E-state index contributed by atoms with van der Waals surface area (Å²) in [7, 11) is -4.14. The van der Waals surface area contributed by atoms with Gasteiger partial charge in [0, 0.05) is 12.1 Å². The highest BCUT2D eigenvalue weighted by atomic mass is 32.2. The van der Waals surface area contributed by atoms with Crippen LogP contribution in [0.5, 0.6) is 0 Å². The van der Waals surface area contributed by atoms with Crippen LogP contribution in [-0.2, 0) is 19.6 Å². The fraction of sp³-hybridized carbons (Fsp3) is 0.125. The molecule has 0 aliphatic rings. The van der Waals surface area contributed by atoms with Crippen molar-refractivity contribution in [2.24, 2.45) is 0 Å². The smallest absolute Gasteiger partial charge is 0.335 e. The number of carbonyl (C=O) groups is 3. The van der Waals surface area contributed by atoms with E-state index in [1.54, 1.807) is 12.1 Å². The Morgan fingerprint density at radius 1 is 0.794 bits per heavy atom. The number of benzene rings is 3. The molecule has 10 heteroatoms. The van der Waals surface area contributed by atoms with Gasteiger partial charge in [-0.25, -0.2) is 13.2 Å². The summed E-state index contributed by atoms with van der Waals surface area (Å²) in [4.78, 5) is 34.6. The summed E-state index contributed by atoms with van der Waals surface area (Å²) >= 11 is 0. The molecule has 0 unspecified atom stereocenters. The van der Waals surface area contributed by atoms with E-state index in [0.717, 1.165) is 11.1 Å². The Morgan fingerprint density at radius 2 is 1.38 bits per heavy atom. The van der Waals surface area contributed by atoms with E-state index in [9.17, 15) is 27.9 Å². The summed E-state index contributed by atoms with van der Waals surface area (Å²) in [6, 6.07) is 19.3. The van der Waals surface area contributed by atoms with Crippen LogP contribution in [0.4, 0.5) is 5.69 Å². The molecular weight excluding hydrogens is 460 g/mol. The zero-order chi connectivity index (χ0) is 24.7. The number of amides is 1. The van der Waals surface area contributed by atoms with Gasteiger partial charge in [-0.3, -0.25) is 9.59 Å². The molecule has 0 radical (unpaired) electrons. The molecule has 0 spiro atoms. The molecule has 4 N–H and O–H groups in total. The lowest BCUT2D eigenvalue weighted by atomic mass is 10.1. The Kier molecular flexibility index (Phi) is 7.77. The van der Waals surface area contributed by atoms with Crippen LogP contribution in [0.15, 0.2) is 83.8 Å². The first kappa shape index (κ1) is 24.6. The van der Waals surface area contributed by atoms with Gasteiger partial charge in [-0.1, -0.05) is 42.5 Å². The monoisotopic (exact) mass is 482 g/mol. The van der Waals surface area contributed by atoms with E-state index in [-0.39, 0.29) is 23.3 Å². The Morgan fingerprint density at radius 3 is 1.94 bits per heavy atom. The minimum Gasteiger partial charge on any atom is -0.480 e. The van der Waals surface area contributed by atoms with Crippen LogP contribution in [0, 0.1) is 0 Å². The van der Waals surface area contributed by atoms with Crippen molar-refractivity contribution < 1.29 is 33.0 Å². The molecule has 176 valence electrons. The number of aromatic carboxylic acids is 1. The van der Waals surface area contributed by atoms with Crippen molar-refractivity contribution in [3.05, 3.63) is 84.4 Å². The fourth-order valence-corrected chi connectivity index (χ4v) is 4.36. The normalized spacial score (nSPS) is 12.0. The topological polar surface area (TPSA) is 150 Å². The number of nitrogens with one attached hydrogen (secondary N) is 2. The minimum absolute atomic E-state index is 0.0511. The molecule has 1 atom stereocenters. The third-order valence-electron chi connectivity index (χ3n) is 4.94. The number of carboxylic acid groups (broad SMARTS) is 2. The number of sulfonamides is 1. The van der Waals surface area contributed by atoms with E-state index in [0.29, 0.717) is 5.69 Å². The first-order valence-electron chi connectivity index (χ1n) is 10.2. The maximum absolute atomic E-state index is 12.7. The number of anilines is 1. The SMILES string of the molecule is O=C(CC[C@H](NS(=O)(=O)c1ccc(-c2ccccc2)cc1)C(=O)O)Nc1ccc(C(=O)O)cc1. The van der Waals surface area contributed by atoms with Gasteiger partial charge >= 0.3 is 11.9 Å². The van der Waals surface area contributed by atoms with E-state index in [1.165, 1.54) is 36.4 Å². The number of carbonyl (C=O) groups excluding carboxylic acids is 1. The molecule has 0 saturated carbocycles. The van der Waals surface area contributed by atoms with Crippen molar-refractivity contribution in [1.82, 2.24) is 4.72 Å². The van der Waals surface area contributed by atoms with Crippen LogP contribution in [-0.4, -0.2) is 42.5 Å². The fourth-order valence-electron chi connectivity index (χ4n) is 3.14. The molecule has 3 aromatic carbocycles. The van der Waals surface area contributed by atoms with Gasteiger partial charge < -0.3 is 15.5 Å². The Bertz CT molecular complexity index is 1270. The van der Waals surface area contributed by atoms with Crippen molar-refractivity contribution in [2.45, 2.75) is 23.8 Å². The molecule has 3 rings (SSSR count). The molecule has 0 aromatic heterocycles. The van der Waals surface area contributed by atoms with Crippen LogP contribution in [0.25, 0.3) is 11.1 Å². The molecule has 34 heavy (non-hydrogen) atoms. The highest BCUT2D eigenvalue weighted by Crippen LogP contribution is 2.21. The molecule has 3 aromatic rings. The summed E-state index contributed by atoms with van der Waals surface area (Å²) in [5.41, 5.74) is 2.10. The Labute approximate surface area is 196 Å². The van der Waals surface area contributed by atoms with Gasteiger partial charge in [0.2, 0.25) is 15.9 Å². The van der Waals surface area contributed by atoms with Gasteiger partial charge in [0.1, 0.15) is 6.04 Å². The number of aliphatic carboxylic acids is 1. The number of carboxylic acids is 2. The second kappa shape index (κ2) is 10.7. The van der Waals surface area contributed by atoms with Crippen LogP contribution < -0.4 is 10.0 Å². The van der Waals surface area contributed by atoms with Crippen molar-refractivity contribution in [3.8, 4) is 11.1 Å². The Balaban J connectivity index is 1.61. The van der Waals surface area contributed by atoms with Crippen molar-refractivity contribution in [2.75, 3.05) is 5.32 Å². The summed E-state index contributed by atoms with van der Waals surface area (Å²) in [5, 5.41) is 20.9. The van der Waals surface area contributed by atoms with Crippen LogP contribution in [0.2, 0.25) is 0 Å². The van der Waals surface area contributed by atoms with Crippen LogP contribution in [0.1, 0.15) is 23.2 Å². The predicted molar refractivity (Wildman–Crippen MR) is 125 cm³/mol. The minimum atomic E-state index is -4.14. The average molecular weight is 483 g/mol. The molecule has 1 amide bonds.